The number of benzene rings is 2. The van der Waals surface area contributed by atoms with Crippen LogP contribution in [0.25, 0.3) is 16.6 Å². The Balaban J connectivity index is 1.05. The zero-order valence-corrected chi connectivity index (χ0v) is 25.1. The van der Waals surface area contributed by atoms with Crippen molar-refractivity contribution in [2.24, 2.45) is 5.41 Å². The number of likely N-dealkylation sites (tertiary alicyclic amines) is 1. The van der Waals surface area contributed by atoms with Crippen LogP contribution >= 0.6 is 0 Å². The number of ether oxygens (including phenoxy) is 3. The molecule has 1 saturated carbocycles. The highest BCUT2D eigenvalue weighted by molar-refractivity contribution is 5.95. The lowest BCUT2D eigenvalue weighted by Crippen LogP contribution is -2.65. The Bertz CT molecular complexity index is 1930. The fourth-order valence-electron chi connectivity index (χ4n) is 6.03. The number of fused-ring (bicyclic) bond motifs is 1. The molecule has 0 bridgehead atoms. The highest BCUT2D eigenvalue weighted by Crippen LogP contribution is 2.50. The van der Waals surface area contributed by atoms with E-state index < -0.39 is 5.82 Å². The summed E-state index contributed by atoms with van der Waals surface area (Å²) in [5.41, 5.74) is 2.41. The van der Waals surface area contributed by atoms with Gasteiger partial charge in [-0.1, -0.05) is 6.58 Å². The topological polar surface area (TPSA) is 141 Å². The molecule has 2 aromatic carbocycles. The van der Waals surface area contributed by atoms with Crippen molar-refractivity contribution in [3.05, 3.63) is 79.8 Å². The molecule has 14 heteroatoms. The smallest absolute Gasteiger partial charge is 0.316 e. The van der Waals surface area contributed by atoms with E-state index in [2.05, 4.69) is 42.2 Å². The monoisotopic (exact) mass is 623 g/mol. The molecular formula is C32H30FN9O4. The summed E-state index contributed by atoms with van der Waals surface area (Å²) < 4.78 is 33.3. The fraction of sp³-hybridized carbons (Fsp3) is 0.250. The first-order valence-electron chi connectivity index (χ1n) is 14.5. The minimum atomic E-state index is -0.539. The van der Waals surface area contributed by atoms with Crippen LogP contribution < -0.4 is 24.8 Å². The molecule has 1 aliphatic heterocycles. The number of hydrogen-bond donors (Lipinski definition) is 2. The van der Waals surface area contributed by atoms with Gasteiger partial charge in [0.1, 0.15) is 35.1 Å². The molecular weight excluding hydrogens is 593 g/mol. The standard InChI is InChI=1S/C32H30FN9O4/c1-4-29(43)41-16-32(17-41)12-19(13-32)38-26-10-22-25(11-27(26)44-2)36-18-37-30(22)39-24-6-5-21(9-23(24)33)46-28-7-8-42(40-28)20-14-34-31(45-3)35-15-20/h4-11,14-15,18-19,38H,1,12-13,16-17H2,2-3H3,(H,36,37,39). The molecule has 3 aromatic heterocycles. The number of hydrogen-bond acceptors (Lipinski definition) is 11. The zero-order valence-electron chi connectivity index (χ0n) is 25.1. The van der Waals surface area contributed by atoms with Crippen LogP contribution in [0.15, 0.2) is 74.0 Å². The third-order valence-corrected chi connectivity index (χ3v) is 8.26. The van der Waals surface area contributed by atoms with Crippen LogP contribution in [0.1, 0.15) is 12.8 Å². The number of aromatic nitrogens is 6. The number of methoxy groups -OCH3 is 2. The highest BCUT2D eigenvalue weighted by atomic mass is 19.1. The molecule has 1 aliphatic carbocycles. The van der Waals surface area contributed by atoms with Gasteiger partial charge >= 0.3 is 6.01 Å². The SMILES string of the molecule is C=CC(=O)N1CC2(CC(Nc3cc4c(Nc5ccc(Oc6ccn(-c7cnc(OC)nc7)n6)cc5F)ncnc4cc3OC)C2)C1. The molecule has 4 heterocycles. The number of nitrogens with zero attached hydrogens (tertiary/aromatic N) is 7. The van der Waals surface area contributed by atoms with Crippen LogP contribution in [0.4, 0.5) is 21.6 Å². The predicted octanol–water partition coefficient (Wildman–Crippen LogP) is 4.89. The average Bonchev–Trinajstić information content (AvgIpc) is 3.50. The van der Waals surface area contributed by atoms with Gasteiger partial charge in [-0.15, -0.1) is 5.10 Å². The van der Waals surface area contributed by atoms with E-state index >= 15 is 4.39 Å². The maximum Gasteiger partial charge on any atom is 0.316 e. The molecule has 1 spiro atoms. The summed E-state index contributed by atoms with van der Waals surface area (Å²) in [4.78, 5) is 30.6. The van der Waals surface area contributed by atoms with Crippen molar-refractivity contribution in [2.75, 3.05) is 37.9 Å². The van der Waals surface area contributed by atoms with Gasteiger partial charge in [0.25, 0.3) is 0 Å². The molecule has 234 valence electrons. The van der Waals surface area contributed by atoms with Crippen molar-refractivity contribution in [1.82, 2.24) is 34.6 Å². The van der Waals surface area contributed by atoms with Gasteiger partial charge in [0.15, 0.2) is 0 Å². The lowest BCUT2D eigenvalue weighted by atomic mass is 9.60. The molecule has 1 saturated heterocycles. The maximum absolute atomic E-state index is 15.3. The van der Waals surface area contributed by atoms with Gasteiger partial charge in [0.05, 0.1) is 43.5 Å². The first-order valence-corrected chi connectivity index (χ1v) is 14.5. The molecule has 2 N–H and O–H groups in total. The molecule has 2 aliphatic rings. The van der Waals surface area contributed by atoms with E-state index in [9.17, 15) is 4.79 Å². The Morgan fingerprint density at radius 1 is 1.04 bits per heavy atom. The Morgan fingerprint density at radius 2 is 1.85 bits per heavy atom. The van der Waals surface area contributed by atoms with E-state index in [0.717, 1.165) is 31.6 Å². The molecule has 0 radical (unpaired) electrons. The Morgan fingerprint density at radius 3 is 2.57 bits per heavy atom. The molecule has 1 amide bonds. The van der Waals surface area contributed by atoms with Crippen molar-refractivity contribution in [2.45, 2.75) is 18.9 Å². The summed E-state index contributed by atoms with van der Waals surface area (Å²) in [5.74, 6) is 1.05. The predicted molar refractivity (Wildman–Crippen MR) is 167 cm³/mol. The maximum atomic E-state index is 15.3. The van der Waals surface area contributed by atoms with E-state index in [4.69, 9.17) is 14.2 Å². The normalized spacial score (nSPS) is 15.2. The van der Waals surface area contributed by atoms with Crippen LogP contribution in [-0.2, 0) is 4.79 Å². The second-order valence-corrected chi connectivity index (χ2v) is 11.3. The Hall–Kier alpha value is -5.79. The van der Waals surface area contributed by atoms with Gasteiger partial charge in [-0.25, -0.2) is 29.0 Å². The minimum absolute atomic E-state index is 0.0229. The van der Waals surface area contributed by atoms with Crippen molar-refractivity contribution in [3.8, 4) is 29.1 Å². The summed E-state index contributed by atoms with van der Waals surface area (Å²) in [5, 5.41) is 11.7. The first-order chi connectivity index (χ1) is 22.3. The van der Waals surface area contributed by atoms with E-state index in [-0.39, 0.29) is 40.7 Å². The molecule has 0 unspecified atom stereocenters. The number of amides is 1. The summed E-state index contributed by atoms with van der Waals surface area (Å²) in [7, 11) is 3.09. The highest BCUT2D eigenvalue weighted by Gasteiger charge is 2.53. The van der Waals surface area contributed by atoms with Gasteiger partial charge in [-0.2, -0.15) is 0 Å². The largest absolute Gasteiger partial charge is 0.495 e. The number of nitrogens with one attached hydrogen (secondary N) is 2. The number of rotatable bonds is 10. The Kier molecular flexibility index (Phi) is 7.31. The van der Waals surface area contributed by atoms with Crippen molar-refractivity contribution < 1.29 is 23.4 Å². The third kappa shape index (κ3) is 5.49. The van der Waals surface area contributed by atoms with Crippen LogP contribution in [0.5, 0.6) is 23.4 Å². The van der Waals surface area contributed by atoms with Crippen LogP contribution in [0.3, 0.4) is 0 Å². The average molecular weight is 624 g/mol. The van der Waals surface area contributed by atoms with Gasteiger partial charge in [-0.05, 0) is 37.1 Å². The molecule has 2 fully saturated rings. The lowest BCUT2D eigenvalue weighted by molar-refractivity contribution is -0.144. The fourth-order valence-corrected chi connectivity index (χ4v) is 6.03. The van der Waals surface area contributed by atoms with Crippen LogP contribution in [0.2, 0.25) is 0 Å². The second-order valence-electron chi connectivity index (χ2n) is 11.3. The second kappa shape index (κ2) is 11.6. The van der Waals surface area contributed by atoms with E-state index in [0.29, 0.717) is 28.2 Å². The number of carbonyl (C=O) groups is 1. The van der Waals surface area contributed by atoms with Crippen molar-refractivity contribution in [3.63, 3.8) is 0 Å². The summed E-state index contributed by atoms with van der Waals surface area (Å²) in [6, 6.07) is 10.3. The number of anilines is 3. The Labute approximate surface area is 263 Å². The number of halogens is 1. The molecule has 7 rings (SSSR count). The van der Waals surface area contributed by atoms with Gasteiger partial charge in [-0.3, -0.25) is 4.79 Å². The third-order valence-electron chi connectivity index (χ3n) is 8.26. The summed E-state index contributed by atoms with van der Waals surface area (Å²) in [6.07, 6.45) is 9.48. The molecule has 46 heavy (non-hydrogen) atoms. The van der Waals surface area contributed by atoms with Crippen molar-refractivity contribution >= 4 is 34.0 Å². The lowest BCUT2D eigenvalue weighted by Gasteiger charge is -2.59. The summed E-state index contributed by atoms with van der Waals surface area (Å²) in [6.45, 7) is 5.08. The van der Waals surface area contributed by atoms with E-state index in [1.165, 1.54) is 30.3 Å². The van der Waals surface area contributed by atoms with E-state index in [1.54, 1.807) is 43.9 Å². The zero-order chi connectivity index (χ0) is 31.8. The van der Waals surface area contributed by atoms with Crippen molar-refractivity contribution in [1.29, 1.82) is 0 Å². The quantitative estimate of drug-likeness (QED) is 0.206. The van der Waals surface area contributed by atoms with Crippen LogP contribution in [0, 0.1) is 11.2 Å². The first kappa shape index (κ1) is 29.0. The van der Waals surface area contributed by atoms with Gasteiger partial charge in [0.2, 0.25) is 11.8 Å². The number of carbonyl (C=O) groups excluding carboxylic acids is 1. The molecule has 0 atom stereocenters. The van der Waals surface area contributed by atoms with Crippen LogP contribution in [-0.4, -0.2) is 73.9 Å². The molecule has 5 aromatic rings. The minimum Gasteiger partial charge on any atom is -0.495 e. The summed E-state index contributed by atoms with van der Waals surface area (Å²) >= 11 is 0. The molecule has 13 nitrogen and oxygen atoms in total. The van der Waals surface area contributed by atoms with Gasteiger partial charge < -0.3 is 29.7 Å². The van der Waals surface area contributed by atoms with Gasteiger partial charge in [0, 0.05) is 54.3 Å². The van der Waals surface area contributed by atoms with E-state index in [1.807, 2.05) is 17.0 Å².